The van der Waals surface area contributed by atoms with Gasteiger partial charge in [0, 0.05) is 34.1 Å². The number of aliphatic hydroxyl groups is 2. The Kier molecular flexibility index (Phi) is 20.1. The second-order valence-corrected chi connectivity index (χ2v) is 14.4. The van der Waals surface area contributed by atoms with E-state index >= 15 is 0 Å². The molecule has 0 radical (unpaired) electrons. The average molecular weight is 739 g/mol. The minimum absolute atomic E-state index is 0.119. The standard InChI is InChI=1S/C36H50O12S2/c1-35(2,41)33(39)27-5-9-29(10-6-27)45-17-19-47-31(37)13-23-49-25-21-43-15-16-44-22-26-50-24-14-32(38)48-20-18-46-30-11-7-28(8-12-30)34(40)36(3,4)42/h5-12,41-42H,13-26H2,1-4H3. The second-order valence-electron chi connectivity index (χ2n) is 11.9. The van der Waals surface area contributed by atoms with Gasteiger partial charge in [-0.2, -0.15) is 23.5 Å². The van der Waals surface area contributed by atoms with Gasteiger partial charge < -0.3 is 38.6 Å². The van der Waals surface area contributed by atoms with Gasteiger partial charge in [0.1, 0.15) is 49.1 Å². The molecule has 2 rings (SSSR count). The molecule has 0 atom stereocenters. The van der Waals surface area contributed by atoms with Crippen LogP contribution in [-0.4, -0.2) is 121 Å². The predicted molar refractivity (Wildman–Crippen MR) is 193 cm³/mol. The highest BCUT2D eigenvalue weighted by molar-refractivity contribution is 7.99. The summed E-state index contributed by atoms with van der Waals surface area (Å²) >= 11 is 3.20. The Labute approximate surface area is 302 Å². The molecule has 0 amide bonds. The SMILES string of the molecule is CC(C)(O)C(=O)c1ccc(OCCOC(=O)CCSCCOCCOCCSCCC(=O)OCCOc2ccc(C(=O)C(C)(C)O)cc2)cc1. The summed E-state index contributed by atoms with van der Waals surface area (Å²) in [4.78, 5) is 47.9. The van der Waals surface area contributed by atoms with Crippen molar-refractivity contribution < 1.29 is 57.8 Å². The third-order valence-corrected chi connectivity index (χ3v) is 8.49. The number of hydrogen-bond donors (Lipinski definition) is 2. The molecular formula is C36H50O12S2. The normalized spacial score (nSPS) is 11.6. The number of esters is 2. The summed E-state index contributed by atoms with van der Waals surface area (Å²) in [7, 11) is 0. The zero-order valence-electron chi connectivity index (χ0n) is 29.3. The van der Waals surface area contributed by atoms with Gasteiger partial charge in [-0.05, 0) is 76.2 Å². The molecule has 0 aliphatic carbocycles. The lowest BCUT2D eigenvalue weighted by atomic mass is 9.97. The lowest BCUT2D eigenvalue weighted by Gasteiger charge is -2.15. The molecule has 278 valence electrons. The zero-order valence-corrected chi connectivity index (χ0v) is 30.9. The molecule has 14 heteroatoms. The summed E-state index contributed by atoms with van der Waals surface area (Å²) in [5, 5.41) is 19.6. The van der Waals surface area contributed by atoms with Crippen molar-refractivity contribution in [1.29, 1.82) is 0 Å². The van der Waals surface area contributed by atoms with E-state index in [1.54, 1.807) is 72.1 Å². The molecule has 0 saturated carbocycles. The van der Waals surface area contributed by atoms with E-state index in [4.69, 9.17) is 28.4 Å². The van der Waals surface area contributed by atoms with Crippen molar-refractivity contribution in [2.24, 2.45) is 0 Å². The molecule has 0 spiro atoms. The Balaban J connectivity index is 1.33. The van der Waals surface area contributed by atoms with Crippen LogP contribution in [0.25, 0.3) is 0 Å². The molecule has 0 aliphatic heterocycles. The first kappa shape index (κ1) is 43.0. The first-order valence-electron chi connectivity index (χ1n) is 16.4. The van der Waals surface area contributed by atoms with Gasteiger partial charge in [0.2, 0.25) is 0 Å². The van der Waals surface area contributed by atoms with E-state index < -0.39 is 11.2 Å². The predicted octanol–water partition coefficient (Wildman–Crippen LogP) is 4.42. The Morgan fingerprint density at radius 3 is 1.22 bits per heavy atom. The van der Waals surface area contributed by atoms with Gasteiger partial charge >= 0.3 is 11.9 Å². The number of rotatable bonds is 27. The second kappa shape index (κ2) is 23.4. The van der Waals surface area contributed by atoms with Crippen LogP contribution in [0.2, 0.25) is 0 Å². The highest BCUT2D eigenvalue weighted by Crippen LogP contribution is 2.18. The number of carbonyl (C=O) groups excluding carboxylic acids is 4. The molecule has 0 saturated heterocycles. The zero-order chi connectivity index (χ0) is 36.8. The van der Waals surface area contributed by atoms with E-state index in [1.165, 1.54) is 27.7 Å². The number of hydrogen-bond acceptors (Lipinski definition) is 14. The topological polar surface area (TPSA) is 164 Å². The summed E-state index contributed by atoms with van der Waals surface area (Å²) < 4.78 is 32.5. The molecule has 0 heterocycles. The number of ether oxygens (including phenoxy) is 6. The van der Waals surface area contributed by atoms with Crippen LogP contribution in [-0.2, 0) is 28.5 Å². The van der Waals surface area contributed by atoms with Crippen LogP contribution in [0.5, 0.6) is 11.5 Å². The average Bonchev–Trinajstić information content (AvgIpc) is 3.07. The van der Waals surface area contributed by atoms with E-state index in [0.717, 1.165) is 11.5 Å². The van der Waals surface area contributed by atoms with Crippen molar-refractivity contribution in [2.75, 3.05) is 75.9 Å². The maximum atomic E-state index is 12.1. The quantitative estimate of drug-likeness (QED) is 0.0752. The minimum Gasteiger partial charge on any atom is -0.490 e. The Bertz CT molecular complexity index is 1200. The summed E-state index contributed by atoms with van der Waals surface area (Å²) in [5.74, 6) is 2.47. The minimum atomic E-state index is -1.44. The Morgan fingerprint density at radius 2 is 0.880 bits per heavy atom. The maximum absolute atomic E-state index is 12.1. The van der Waals surface area contributed by atoms with E-state index in [0.29, 0.717) is 60.6 Å². The fourth-order valence-corrected chi connectivity index (χ4v) is 5.46. The molecule has 2 aromatic carbocycles. The van der Waals surface area contributed by atoms with Crippen LogP contribution < -0.4 is 9.47 Å². The van der Waals surface area contributed by atoms with Crippen LogP contribution in [0.4, 0.5) is 0 Å². The molecule has 12 nitrogen and oxygen atoms in total. The Hall–Kier alpha value is -3.14. The van der Waals surface area contributed by atoms with Crippen molar-refractivity contribution in [3.05, 3.63) is 59.7 Å². The van der Waals surface area contributed by atoms with Gasteiger partial charge in [0.15, 0.2) is 11.6 Å². The summed E-state index contributed by atoms with van der Waals surface area (Å²) in [5.41, 5.74) is -2.10. The lowest BCUT2D eigenvalue weighted by molar-refractivity contribution is -0.144. The van der Waals surface area contributed by atoms with Gasteiger partial charge in [0.25, 0.3) is 0 Å². The molecule has 2 aromatic rings. The smallest absolute Gasteiger partial charge is 0.306 e. The van der Waals surface area contributed by atoms with Crippen LogP contribution >= 0.6 is 23.5 Å². The van der Waals surface area contributed by atoms with Crippen LogP contribution in [0.3, 0.4) is 0 Å². The molecule has 2 N–H and O–H groups in total. The number of thioether (sulfide) groups is 2. The molecule has 0 unspecified atom stereocenters. The van der Waals surface area contributed by atoms with E-state index in [2.05, 4.69) is 0 Å². The van der Waals surface area contributed by atoms with Crippen molar-refractivity contribution in [2.45, 2.75) is 51.7 Å². The highest BCUT2D eigenvalue weighted by Gasteiger charge is 2.25. The summed E-state index contributed by atoms with van der Waals surface area (Å²) in [6, 6.07) is 12.9. The number of ketones is 2. The number of carbonyl (C=O) groups is 4. The molecule has 50 heavy (non-hydrogen) atoms. The van der Waals surface area contributed by atoms with Crippen LogP contribution in [0.1, 0.15) is 61.3 Å². The highest BCUT2D eigenvalue weighted by atomic mass is 32.2. The Morgan fingerprint density at radius 1 is 0.520 bits per heavy atom. The molecular weight excluding hydrogens is 689 g/mol. The fourth-order valence-electron chi connectivity index (χ4n) is 3.96. The van der Waals surface area contributed by atoms with Gasteiger partial charge in [-0.3, -0.25) is 19.2 Å². The largest absolute Gasteiger partial charge is 0.490 e. The summed E-state index contributed by atoms with van der Waals surface area (Å²) in [6.07, 6.45) is 0.578. The summed E-state index contributed by atoms with van der Waals surface area (Å²) in [6.45, 7) is 8.42. The molecule has 0 fully saturated rings. The van der Waals surface area contributed by atoms with E-state index in [1.807, 2.05) is 0 Å². The van der Waals surface area contributed by atoms with Gasteiger partial charge in [-0.25, -0.2) is 0 Å². The van der Waals surface area contributed by atoms with Crippen molar-refractivity contribution in [3.8, 4) is 11.5 Å². The van der Waals surface area contributed by atoms with Crippen molar-refractivity contribution in [3.63, 3.8) is 0 Å². The number of Topliss-reactive ketones (excluding diaryl/α,β-unsaturated/α-hetero) is 2. The maximum Gasteiger partial charge on any atom is 0.306 e. The van der Waals surface area contributed by atoms with Gasteiger partial charge in [-0.1, -0.05) is 0 Å². The van der Waals surface area contributed by atoms with Crippen LogP contribution in [0.15, 0.2) is 48.5 Å². The van der Waals surface area contributed by atoms with E-state index in [9.17, 15) is 29.4 Å². The van der Waals surface area contributed by atoms with Gasteiger partial charge in [-0.15, -0.1) is 0 Å². The molecule has 0 aliphatic rings. The van der Waals surface area contributed by atoms with Crippen molar-refractivity contribution in [1.82, 2.24) is 0 Å². The van der Waals surface area contributed by atoms with E-state index in [-0.39, 0.29) is 62.8 Å². The number of benzene rings is 2. The van der Waals surface area contributed by atoms with Crippen LogP contribution in [0, 0.1) is 0 Å². The van der Waals surface area contributed by atoms with Gasteiger partial charge in [0.05, 0.1) is 39.3 Å². The third-order valence-electron chi connectivity index (χ3n) is 6.59. The molecule has 0 aromatic heterocycles. The molecule has 0 bridgehead atoms. The lowest BCUT2D eigenvalue weighted by Crippen LogP contribution is -2.30. The monoisotopic (exact) mass is 738 g/mol. The first-order chi connectivity index (χ1) is 23.8. The third kappa shape index (κ3) is 18.7. The van der Waals surface area contributed by atoms with Crippen molar-refractivity contribution >= 4 is 47.0 Å². The fraction of sp³-hybridized carbons (Fsp3) is 0.556. The first-order valence-corrected chi connectivity index (χ1v) is 18.7.